The number of nitrogens with one attached hydrogen (secondary N) is 1. The maximum absolute atomic E-state index is 13.1. The van der Waals surface area contributed by atoms with Gasteiger partial charge in [-0.2, -0.15) is 0 Å². The number of fused-ring (bicyclic) bond motifs is 1. The van der Waals surface area contributed by atoms with E-state index in [1.807, 2.05) is 24.3 Å². The topological polar surface area (TPSA) is 55.4 Å². The second-order valence-corrected chi connectivity index (χ2v) is 7.49. The maximum Gasteiger partial charge on any atom is 0.240 e. The Balaban J connectivity index is 1.67. The largest absolute Gasteiger partial charge is 0.489 e. The number of hydrogen-bond donors (Lipinski definition) is 1. The van der Waals surface area contributed by atoms with Crippen molar-refractivity contribution in [3.63, 3.8) is 0 Å². The summed E-state index contributed by atoms with van der Waals surface area (Å²) >= 11 is 5.63. The maximum atomic E-state index is 13.1. The molecule has 1 heterocycles. The van der Waals surface area contributed by atoms with E-state index < -0.39 is 15.8 Å². The van der Waals surface area contributed by atoms with E-state index in [0.717, 1.165) is 36.3 Å². The number of ether oxygens (including phenoxy) is 1. The molecular weight excluding hydrogens is 341 g/mol. The summed E-state index contributed by atoms with van der Waals surface area (Å²) in [6.45, 7) is 0.145. The molecule has 0 saturated carbocycles. The van der Waals surface area contributed by atoms with E-state index in [1.165, 1.54) is 6.07 Å². The fraction of sp³-hybridized carbons (Fsp3) is 0.250. The van der Waals surface area contributed by atoms with Gasteiger partial charge in [0, 0.05) is 6.54 Å². The Morgan fingerprint density at radius 1 is 1.26 bits per heavy atom. The molecule has 2 aromatic rings. The molecule has 3 rings (SSSR count). The van der Waals surface area contributed by atoms with Gasteiger partial charge in [-0.25, -0.2) is 17.5 Å². The molecule has 0 spiro atoms. The summed E-state index contributed by atoms with van der Waals surface area (Å²) in [4.78, 5) is -0.0693. The van der Waals surface area contributed by atoms with Crippen LogP contribution in [-0.2, 0) is 16.4 Å². The highest BCUT2D eigenvalue weighted by Gasteiger charge is 2.22. The molecule has 0 amide bonds. The van der Waals surface area contributed by atoms with Crippen LogP contribution >= 0.6 is 11.6 Å². The van der Waals surface area contributed by atoms with Crippen LogP contribution in [0.4, 0.5) is 4.39 Å². The average Bonchev–Trinajstić information content (AvgIpc) is 2.55. The second-order valence-electron chi connectivity index (χ2n) is 5.31. The van der Waals surface area contributed by atoms with Gasteiger partial charge in [0.2, 0.25) is 10.0 Å². The first-order chi connectivity index (χ1) is 11.0. The van der Waals surface area contributed by atoms with Gasteiger partial charge < -0.3 is 4.74 Å². The predicted molar refractivity (Wildman–Crippen MR) is 85.8 cm³/mol. The molecule has 0 aliphatic carbocycles. The summed E-state index contributed by atoms with van der Waals surface area (Å²) in [5.41, 5.74) is 1.12. The Hall–Kier alpha value is -1.63. The molecule has 1 unspecified atom stereocenters. The number of sulfonamides is 1. The standard InChI is InChI=1S/C16H15ClFNO3S/c17-14-9-13(7-8-15(14)18)23(20,21)19-10-12-6-5-11-3-1-2-4-16(11)22-12/h1-4,7-9,12,19H,5-6,10H2. The van der Waals surface area contributed by atoms with Crippen molar-refractivity contribution in [2.45, 2.75) is 23.8 Å². The molecule has 0 fully saturated rings. The highest BCUT2D eigenvalue weighted by molar-refractivity contribution is 7.89. The van der Waals surface area contributed by atoms with Crippen molar-refractivity contribution in [3.8, 4) is 5.75 Å². The molecule has 4 nitrogen and oxygen atoms in total. The fourth-order valence-corrected chi connectivity index (χ4v) is 3.79. The first-order valence-electron chi connectivity index (χ1n) is 7.15. The Kier molecular flexibility index (Phi) is 4.57. The van der Waals surface area contributed by atoms with Crippen LogP contribution in [0.15, 0.2) is 47.4 Å². The van der Waals surface area contributed by atoms with Gasteiger partial charge in [0.05, 0.1) is 9.92 Å². The smallest absolute Gasteiger partial charge is 0.240 e. The summed E-state index contributed by atoms with van der Waals surface area (Å²) in [5.74, 6) is 0.130. The molecule has 23 heavy (non-hydrogen) atoms. The normalized spacial score (nSPS) is 17.4. The van der Waals surface area contributed by atoms with Gasteiger partial charge in [-0.1, -0.05) is 29.8 Å². The second kappa shape index (κ2) is 6.47. The Labute approximate surface area is 139 Å². The number of hydrogen-bond acceptors (Lipinski definition) is 3. The van der Waals surface area contributed by atoms with Crippen molar-refractivity contribution in [2.75, 3.05) is 6.54 Å². The molecule has 0 aromatic heterocycles. The number of rotatable bonds is 4. The zero-order chi connectivity index (χ0) is 16.4. The summed E-state index contributed by atoms with van der Waals surface area (Å²) < 4.78 is 45.9. The highest BCUT2D eigenvalue weighted by atomic mass is 35.5. The Morgan fingerprint density at radius 3 is 2.83 bits per heavy atom. The Bertz CT molecular complexity index is 826. The molecule has 1 N–H and O–H groups in total. The lowest BCUT2D eigenvalue weighted by molar-refractivity contribution is 0.177. The predicted octanol–water partition coefficient (Wildman–Crippen LogP) is 3.15. The number of halogens is 2. The van der Waals surface area contributed by atoms with Crippen LogP contribution in [0, 0.1) is 5.82 Å². The third-order valence-electron chi connectivity index (χ3n) is 3.70. The van der Waals surface area contributed by atoms with E-state index >= 15 is 0 Å². The van der Waals surface area contributed by atoms with Gasteiger partial charge in [-0.15, -0.1) is 0 Å². The Morgan fingerprint density at radius 2 is 2.04 bits per heavy atom. The van der Waals surface area contributed by atoms with E-state index in [9.17, 15) is 12.8 Å². The van der Waals surface area contributed by atoms with Crippen molar-refractivity contribution in [1.29, 1.82) is 0 Å². The van der Waals surface area contributed by atoms with Crippen molar-refractivity contribution in [1.82, 2.24) is 4.72 Å². The molecular formula is C16H15ClFNO3S. The quantitative estimate of drug-likeness (QED) is 0.916. The molecule has 7 heteroatoms. The number of para-hydroxylation sites is 1. The zero-order valence-corrected chi connectivity index (χ0v) is 13.7. The van der Waals surface area contributed by atoms with Gasteiger partial charge >= 0.3 is 0 Å². The van der Waals surface area contributed by atoms with Crippen molar-refractivity contribution in [3.05, 3.63) is 58.9 Å². The highest BCUT2D eigenvalue weighted by Crippen LogP contribution is 2.27. The van der Waals surface area contributed by atoms with Crippen molar-refractivity contribution < 1.29 is 17.5 Å². The van der Waals surface area contributed by atoms with Crippen LogP contribution in [0.1, 0.15) is 12.0 Å². The summed E-state index contributed by atoms with van der Waals surface area (Å²) in [6.07, 6.45) is 1.32. The van der Waals surface area contributed by atoms with Gasteiger partial charge in [0.1, 0.15) is 17.7 Å². The van der Waals surface area contributed by atoms with Crippen LogP contribution in [0.5, 0.6) is 5.75 Å². The number of benzene rings is 2. The monoisotopic (exact) mass is 355 g/mol. The molecule has 0 radical (unpaired) electrons. The van der Waals surface area contributed by atoms with Crippen LogP contribution in [-0.4, -0.2) is 21.1 Å². The molecule has 1 aliphatic rings. The van der Waals surface area contributed by atoms with Gasteiger partial charge in [0.25, 0.3) is 0 Å². The van der Waals surface area contributed by atoms with Gasteiger partial charge in [-0.3, -0.25) is 0 Å². The van der Waals surface area contributed by atoms with E-state index in [1.54, 1.807) is 0 Å². The minimum Gasteiger partial charge on any atom is -0.489 e. The number of aryl methyl sites for hydroxylation is 1. The van der Waals surface area contributed by atoms with Crippen LogP contribution in [0.2, 0.25) is 5.02 Å². The third-order valence-corrected chi connectivity index (χ3v) is 5.42. The van der Waals surface area contributed by atoms with Crippen LogP contribution in [0.25, 0.3) is 0 Å². The molecule has 0 bridgehead atoms. The molecule has 2 aromatic carbocycles. The van der Waals surface area contributed by atoms with E-state index in [4.69, 9.17) is 16.3 Å². The lowest BCUT2D eigenvalue weighted by Crippen LogP contribution is -2.37. The lowest BCUT2D eigenvalue weighted by atomic mass is 10.0. The molecule has 122 valence electrons. The minimum atomic E-state index is -3.76. The lowest BCUT2D eigenvalue weighted by Gasteiger charge is -2.26. The van der Waals surface area contributed by atoms with Crippen LogP contribution < -0.4 is 9.46 Å². The average molecular weight is 356 g/mol. The first-order valence-corrected chi connectivity index (χ1v) is 9.01. The summed E-state index contributed by atoms with van der Waals surface area (Å²) in [5, 5.41) is -0.226. The van der Waals surface area contributed by atoms with Gasteiger partial charge in [-0.05, 0) is 42.7 Å². The zero-order valence-electron chi connectivity index (χ0n) is 12.1. The van der Waals surface area contributed by atoms with E-state index in [0.29, 0.717) is 0 Å². The molecule has 0 saturated heterocycles. The van der Waals surface area contributed by atoms with Crippen molar-refractivity contribution >= 4 is 21.6 Å². The van der Waals surface area contributed by atoms with Crippen molar-refractivity contribution in [2.24, 2.45) is 0 Å². The van der Waals surface area contributed by atoms with E-state index in [2.05, 4.69) is 4.72 Å². The SMILES string of the molecule is O=S(=O)(NCC1CCc2ccccc2O1)c1ccc(F)c(Cl)c1. The third kappa shape index (κ3) is 3.65. The van der Waals surface area contributed by atoms with Gasteiger partial charge in [0.15, 0.2) is 0 Å². The van der Waals surface area contributed by atoms with E-state index in [-0.39, 0.29) is 22.6 Å². The minimum absolute atomic E-state index is 0.0693. The summed E-state index contributed by atoms with van der Waals surface area (Å²) in [6, 6.07) is 11.0. The van der Waals surface area contributed by atoms with Crippen LogP contribution in [0.3, 0.4) is 0 Å². The first kappa shape index (κ1) is 16.2. The molecule has 1 atom stereocenters. The fourth-order valence-electron chi connectivity index (χ4n) is 2.45. The molecule has 1 aliphatic heterocycles. The summed E-state index contributed by atoms with van der Waals surface area (Å²) in [7, 11) is -3.76.